The molecule has 214 valence electrons. The smallest absolute Gasteiger partial charge is 0.248 e. The Morgan fingerprint density at radius 3 is 2.73 bits per heavy atom. The number of rotatable bonds is 8. The van der Waals surface area contributed by atoms with Crippen LogP contribution in [0.5, 0.6) is 5.75 Å². The summed E-state index contributed by atoms with van der Waals surface area (Å²) in [5.74, 6) is 0.354. The fourth-order valence-corrected chi connectivity index (χ4v) is 4.81. The lowest BCUT2D eigenvalue weighted by Crippen LogP contribution is -2.50. The normalized spacial score (nSPS) is 20.8. The number of alkyl halides is 1. The molecule has 2 aliphatic rings. The summed E-state index contributed by atoms with van der Waals surface area (Å²) in [7, 11) is 0. The van der Waals surface area contributed by atoms with Crippen LogP contribution in [0.25, 0.3) is 11.4 Å². The van der Waals surface area contributed by atoms with E-state index in [0.717, 1.165) is 17.9 Å². The number of piperidine rings is 1. The van der Waals surface area contributed by atoms with Crippen LogP contribution < -0.4 is 15.0 Å². The minimum absolute atomic E-state index is 0.0176. The summed E-state index contributed by atoms with van der Waals surface area (Å²) < 4.78 is 26.0. The van der Waals surface area contributed by atoms with E-state index >= 15 is 0 Å². The van der Waals surface area contributed by atoms with Crippen LogP contribution in [0.3, 0.4) is 0 Å². The first kappa shape index (κ1) is 28.2. The third kappa shape index (κ3) is 6.68. The zero-order chi connectivity index (χ0) is 28.8. The lowest BCUT2D eigenvalue weighted by atomic mass is 10.0. The topological polar surface area (TPSA) is 157 Å². The molecule has 0 spiro atoms. The van der Waals surface area contributed by atoms with Gasteiger partial charge < -0.3 is 34.8 Å². The molecule has 3 aromatic rings. The van der Waals surface area contributed by atoms with Gasteiger partial charge in [-0.05, 0) is 42.5 Å². The monoisotopic (exact) mass is 563 g/mol. The molecule has 2 saturated heterocycles. The summed E-state index contributed by atoms with van der Waals surface area (Å²) in [6.07, 6.45) is -0.876. The van der Waals surface area contributed by atoms with Crippen molar-refractivity contribution in [1.29, 1.82) is 5.26 Å². The van der Waals surface area contributed by atoms with Crippen LogP contribution in [0.2, 0.25) is 0 Å². The van der Waals surface area contributed by atoms with E-state index in [2.05, 4.69) is 31.2 Å². The lowest BCUT2D eigenvalue weighted by Gasteiger charge is -2.34. The van der Waals surface area contributed by atoms with Crippen LogP contribution >= 0.6 is 0 Å². The summed E-state index contributed by atoms with van der Waals surface area (Å²) >= 11 is 0. The number of aliphatic hydroxyl groups is 2. The lowest BCUT2D eigenvalue weighted by molar-refractivity contribution is -0.138. The molecule has 0 bridgehead atoms. The van der Waals surface area contributed by atoms with Crippen molar-refractivity contribution in [1.82, 2.24) is 19.9 Å². The maximum absolute atomic E-state index is 14.7. The van der Waals surface area contributed by atoms with E-state index < -0.39 is 24.8 Å². The molecule has 1 aromatic heterocycles. The molecule has 12 nitrogen and oxygen atoms in total. The number of nitrogens with zero attached hydrogens (tertiary/aromatic N) is 6. The minimum Gasteiger partial charge on any atom is -0.486 e. The van der Waals surface area contributed by atoms with Gasteiger partial charge >= 0.3 is 0 Å². The summed E-state index contributed by atoms with van der Waals surface area (Å²) in [5.41, 5.74) is 2.54. The molecule has 41 heavy (non-hydrogen) atoms. The molecule has 1 amide bonds. The number of aromatic nitrogens is 3. The fraction of sp³-hybridized carbons (Fsp3) is 0.393. The number of carbonyl (C=O) groups excluding carboxylic acids is 1. The second-order valence-corrected chi connectivity index (χ2v) is 9.71. The zero-order valence-corrected chi connectivity index (χ0v) is 22.2. The third-order valence-corrected chi connectivity index (χ3v) is 7.01. The van der Waals surface area contributed by atoms with Crippen molar-refractivity contribution in [3.63, 3.8) is 0 Å². The van der Waals surface area contributed by atoms with Crippen LogP contribution in [-0.4, -0.2) is 100 Å². The average molecular weight is 564 g/mol. The van der Waals surface area contributed by atoms with Gasteiger partial charge in [0.1, 0.15) is 30.9 Å². The van der Waals surface area contributed by atoms with Crippen LogP contribution in [0.1, 0.15) is 12.0 Å². The van der Waals surface area contributed by atoms with E-state index in [1.807, 2.05) is 24.3 Å². The van der Waals surface area contributed by atoms with Crippen molar-refractivity contribution < 1.29 is 28.9 Å². The molecule has 2 aliphatic heterocycles. The Kier molecular flexibility index (Phi) is 8.83. The molecule has 5 rings (SSSR count). The molecule has 3 N–H and O–H groups in total. The summed E-state index contributed by atoms with van der Waals surface area (Å²) in [6.45, 7) is 1.32. The summed E-state index contributed by atoms with van der Waals surface area (Å²) in [5, 5.41) is 31.3. The minimum atomic E-state index is -1.46. The van der Waals surface area contributed by atoms with Crippen LogP contribution in [0.15, 0.2) is 48.8 Å². The van der Waals surface area contributed by atoms with Crippen LogP contribution in [-0.2, 0) is 9.53 Å². The Balaban J connectivity index is 1.25. The maximum atomic E-state index is 14.7. The highest BCUT2D eigenvalue weighted by Crippen LogP contribution is 2.29. The number of amides is 1. The van der Waals surface area contributed by atoms with Crippen molar-refractivity contribution in [2.45, 2.75) is 24.8 Å². The van der Waals surface area contributed by atoms with Gasteiger partial charge in [0.15, 0.2) is 12.0 Å². The van der Waals surface area contributed by atoms with Crippen molar-refractivity contribution >= 4 is 23.2 Å². The van der Waals surface area contributed by atoms with Gasteiger partial charge in [-0.25, -0.2) is 14.4 Å². The number of nitrogens with one attached hydrogen (secondary N) is 1. The highest BCUT2D eigenvalue weighted by atomic mass is 19.1. The number of benzene rings is 2. The second kappa shape index (κ2) is 12.9. The highest BCUT2D eigenvalue weighted by Gasteiger charge is 2.33. The van der Waals surface area contributed by atoms with E-state index in [0.29, 0.717) is 30.5 Å². The number of hydrogen-bond acceptors (Lipinski definition) is 11. The van der Waals surface area contributed by atoms with Gasteiger partial charge in [-0.2, -0.15) is 10.2 Å². The number of hydrogen-bond donors (Lipinski definition) is 3. The maximum Gasteiger partial charge on any atom is 0.248 e. The van der Waals surface area contributed by atoms with Gasteiger partial charge in [-0.15, -0.1) is 0 Å². The standard InChI is InChI=1S/C28H30FN7O5/c29-23-14-36(26(39)16-38)8-7-25(23)41-24-6-1-18(11-19(24)12-30)27-31-17-32-28(34-27)33-20-2-4-21(5-3-20)35-9-10-40-22(13-35)15-37/h1-6,11,17,22-23,25,37-38H,7-10,13-16H2,(H,31,32,33,34)/t22?,23-,25+/m1/s1. The molecule has 13 heteroatoms. The largest absolute Gasteiger partial charge is 0.486 e. The number of morpholine rings is 1. The third-order valence-electron chi connectivity index (χ3n) is 7.01. The fourth-order valence-electron chi connectivity index (χ4n) is 4.81. The van der Waals surface area contributed by atoms with Crippen molar-refractivity contribution in [2.75, 3.05) is 56.2 Å². The van der Waals surface area contributed by atoms with Crippen molar-refractivity contribution in [3.05, 3.63) is 54.4 Å². The van der Waals surface area contributed by atoms with Crippen molar-refractivity contribution in [3.8, 4) is 23.2 Å². The van der Waals surface area contributed by atoms with Gasteiger partial charge in [0.2, 0.25) is 11.9 Å². The van der Waals surface area contributed by atoms with E-state index in [-0.39, 0.29) is 43.5 Å². The van der Waals surface area contributed by atoms with Crippen LogP contribution in [0, 0.1) is 11.3 Å². The number of likely N-dealkylation sites (tertiary alicyclic amines) is 1. The van der Waals surface area contributed by atoms with Gasteiger partial charge in [0, 0.05) is 43.0 Å². The van der Waals surface area contributed by atoms with E-state index in [1.165, 1.54) is 11.2 Å². The molecule has 2 aromatic carbocycles. The average Bonchev–Trinajstić information content (AvgIpc) is 3.02. The molecular formula is C28H30FN7O5. The van der Waals surface area contributed by atoms with Gasteiger partial charge in [0.25, 0.3) is 0 Å². The second-order valence-electron chi connectivity index (χ2n) is 9.71. The Morgan fingerprint density at radius 2 is 2.00 bits per heavy atom. The molecule has 0 aliphatic carbocycles. The number of carbonyl (C=O) groups is 1. The number of aliphatic hydroxyl groups excluding tert-OH is 2. The first-order chi connectivity index (χ1) is 20.0. The predicted molar refractivity (Wildman–Crippen MR) is 146 cm³/mol. The number of ether oxygens (including phenoxy) is 2. The molecule has 2 fully saturated rings. The number of halogens is 1. The number of nitriles is 1. The highest BCUT2D eigenvalue weighted by molar-refractivity contribution is 5.77. The van der Waals surface area contributed by atoms with Gasteiger partial charge in [-0.3, -0.25) is 4.79 Å². The Labute approximate surface area is 236 Å². The Bertz CT molecular complexity index is 1400. The van der Waals surface area contributed by atoms with E-state index in [4.69, 9.17) is 14.6 Å². The van der Waals surface area contributed by atoms with E-state index in [1.54, 1.807) is 18.2 Å². The van der Waals surface area contributed by atoms with Gasteiger partial charge in [0.05, 0.1) is 31.4 Å². The zero-order valence-electron chi connectivity index (χ0n) is 22.2. The van der Waals surface area contributed by atoms with Gasteiger partial charge in [-0.1, -0.05) is 0 Å². The molecule has 0 radical (unpaired) electrons. The number of anilines is 3. The Hall–Kier alpha value is -4.38. The molecule has 3 heterocycles. The quantitative estimate of drug-likeness (QED) is 0.366. The summed E-state index contributed by atoms with van der Waals surface area (Å²) in [6, 6.07) is 14.7. The first-order valence-electron chi connectivity index (χ1n) is 13.2. The van der Waals surface area contributed by atoms with Crippen LogP contribution in [0.4, 0.5) is 21.7 Å². The molecular weight excluding hydrogens is 533 g/mol. The van der Waals surface area contributed by atoms with Crippen molar-refractivity contribution in [2.24, 2.45) is 0 Å². The Morgan fingerprint density at radius 1 is 1.17 bits per heavy atom. The molecule has 3 atom stereocenters. The first-order valence-corrected chi connectivity index (χ1v) is 13.2. The predicted octanol–water partition coefficient (Wildman–Crippen LogP) is 1.66. The molecule has 0 saturated carbocycles. The van der Waals surface area contributed by atoms with E-state index in [9.17, 15) is 19.6 Å². The SMILES string of the molecule is N#Cc1cc(-c2ncnc(Nc3ccc(N4CCOC(CO)C4)cc3)n2)ccc1O[C@H]1CCN(C(=O)CO)C[C@H]1F. The molecule has 1 unspecified atom stereocenters. The summed E-state index contributed by atoms with van der Waals surface area (Å²) in [4.78, 5) is 28.0.